The zero-order chi connectivity index (χ0) is 34.9. The van der Waals surface area contributed by atoms with E-state index < -0.39 is 0 Å². The summed E-state index contributed by atoms with van der Waals surface area (Å²) >= 11 is 0. The Bertz CT molecular complexity index is 1510. The van der Waals surface area contributed by atoms with Gasteiger partial charge in [0, 0.05) is 31.6 Å². The highest BCUT2D eigenvalue weighted by atomic mass is 16.5. The number of ketones is 1. The van der Waals surface area contributed by atoms with Crippen LogP contribution in [0.3, 0.4) is 0 Å². The van der Waals surface area contributed by atoms with E-state index in [4.69, 9.17) is 20.9 Å². The quantitative estimate of drug-likeness (QED) is 0.0659. The van der Waals surface area contributed by atoms with E-state index in [2.05, 4.69) is 37.0 Å². The number of nitrogens with zero attached hydrogens (tertiary/aromatic N) is 1. The Kier molecular flexibility index (Phi) is 12.8. The summed E-state index contributed by atoms with van der Waals surface area (Å²) in [5, 5.41) is 22.7. The number of hydrogen-bond acceptors (Lipinski definition) is 6. The van der Waals surface area contributed by atoms with Crippen LogP contribution >= 0.6 is 0 Å². The molecule has 2 aromatic carbocycles. The molecule has 0 saturated heterocycles. The Hall–Kier alpha value is -3.78. The van der Waals surface area contributed by atoms with Gasteiger partial charge in [0.15, 0.2) is 23.2 Å². The number of guanidine groups is 1. The first kappa shape index (κ1) is 36.5. The van der Waals surface area contributed by atoms with Crippen molar-refractivity contribution in [2.75, 3.05) is 20.3 Å². The van der Waals surface area contributed by atoms with E-state index in [1.54, 1.807) is 19.3 Å². The third kappa shape index (κ3) is 9.27. The second kappa shape index (κ2) is 17.2. The highest BCUT2D eigenvalue weighted by Crippen LogP contribution is 2.58. The molecule has 0 aliphatic heterocycles. The van der Waals surface area contributed by atoms with Gasteiger partial charge in [0.05, 0.1) is 12.7 Å². The van der Waals surface area contributed by atoms with Gasteiger partial charge in [0.1, 0.15) is 5.75 Å². The molecule has 0 unspecified atom stereocenters. The van der Waals surface area contributed by atoms with Gasteiger partial charge in [-0.25, -0.2) is 0 Å². The number of aliphatic imine (C=N–C) groups is 1. The molecular weight excluding hydrogens is 614 g/mol. The number of benzene rings is 2. The van der Waals surface area contributed by atoms with Gasteiger partial charge < -0.3 is 31.2 Å². The molecule has 5 rings (SSSR count). The first-order valence-electron chi connectivity index (χ1n) is 18.4. The molecule has 2 aromatic rings. The highest BCUT2D eigenvalue weighted by molar-refractivity contribution is 5.89. The number of hydrogen-bond donors (Lipinski definition) is 4. The van der Waals surface area contributed by atoms with Crippen LogP contribution in [0.15, 0.2) is 65.2 Å². The number of aromatic hydroxyl groups is 2. The molecule has 266 valence electrons. The molecule has 8 nitrogen and oxygen atoms in total. The van der Waals surface area contributed by atoms with E-state index in [0.717, 1.165) is 74.5 Å². The molecule has 0 aromatic heterocycles. The smallest absolute Gasteiger partial charge is 0.185 e. The monoisotopic (exact) mass is 671 g/mol. The fourth-order valence-corrected chi connectivity index (χ4v) is 8.66. The fourth-order valence-electron chi connectivity index (χ4n) is 8.66. The summed E-state index contributed by atoms with van der Waals surface area (Å²) in [5.41, 5.74) is 15.8. The maximum Gasteiger partial charge on any atom is 0.185 e. The number of phenols is 2. The van der Waals surface area contributed by atoms with Crippen molar-refractivity contribution in [1.29, 1.82) is 0 Å². The number of unbranched alkanes of at least 4 members (excludes halogenated alkanes) is 1. The molecule has 0 heterocycles. The summed E-state index contributed by atoms with van der Waals surface area (Å²) < 4.78 is 12.5. The number of aryl methyl sites for hydroxylation is 1. The minimum atomic E-state index is -0.0715. The predicted molar refractivity (Wildman–Crippen MR) is 196 cm³/mol. The Morgan fingerprint density at radius 2 is 1.90 bits per heavy atom. The minimum Gasteiger partial charge on any atom is -0.508 e. The number of carbonyl (C=O) groups is 1. The Morgan fingerprint density at radius 3 is 2.61 bits per heavy atom. The number of fused-ring (bicyclic) bond motifs is 1. The van der Waals surface area contributed by atoms with Crippen LogP contribution in [0.5, 0.6) is 17.2 Å². The Labute approximate surface area is 292 Å². The maximum atomic E-state index is 12.8. The molecule has 0 amide bonds. The molecule has 6 N–H and O–H groups in total. The number of allylic oxidation sites excluding steroid dienone is 4. The third-order valence-corrected chi connectivity index (χ3v) is 10.9. The lowest BCUT2D eigenvalue weighted by Gasteiger charge is -2.49. The molecule has 2 saturated carbocycles. The van der Waals surface area contributed by atoms with Crippen LogP contribution in [0.2, 0.25) is 0 Å². The van der Waals surface area contributed by atoms with Crippen LogP contribution < -0.4 is 16.2 Å². The van der Waals surface area contributed by atoms with Gasteiger partial charge >= 0.3 is 0 Å². The molecule has 2 fully saturated rings. The SMILES string of the molecule is CCCC=CC(=O)CCc1cc(OC2CCCC2)c(O)c([C@@H]2[C@H](COC)[C@@H](CCN=C(N)N)C=C3[C@H]2C[C@@H](C)C[C@@H]3c2cccc(O)c2)c1. The normalized spacial score (nSPS) is 25.6. The van der Waals surface area contributed by atoms with Crippen molar-refractivity contribution in [3.63, 3.8) is 0 Å². The van der Waals surface area contributed by atoms with Crippen molar-refractivity contribution < 1.29 is 24.5 Å². The van der Waals surface area contributed by atoms with E-state index in [0.29, 0.717) is 37.7 Å². The zero-order valence-electron chi connectivity index (χ0n) is 29.7. The molecule has 0 radical (unpaired) electrons. The molecule has 0 spiro atoms. The number of rotatable bonds is 15. The Morgan fingerprint density at radius 1 is 1.10 bits per heavy atom. The minimum absolute atomic E-state index is 0.0437. The van der Waals surface area contributed by atoms with Crippen molar-refractivity contribution in [3.8, 4) is 17.2 Å². The van der Waals surface area contributed by atoms with Crippen molar-refractivity contribution >= 4 is 11.7 Å². The number of phenolic OH excluding ortho intramolecular Hbond substituents is 2. The average molecular weight is 672 g/mol. The largest absolute Gasteiger partial charge is 0.508 e. The van der Waals surface area contributed by atoms with Crippen LogP contribution in [0, 0.1) is 23.7 Å². The van der Waals surface area contributed by atoms with E-state index in [-0.39, 0.29) is 58.9 Å². The summed E-state index contributed by atoms with van der Waals surface area (Å²) in [6, 6.07) is 11.7. The highest BCUT2D eigenvalue weighted by Gasteiger charge is 2.47. The fraction of sp³-hybridized carbons (Fsp3) is 0.561. The Balaban J connectivity index is 1.62. The molecule has 6 atom stereocenters. The van der Waals surface area contributed by atoms with Gasteiger partial charge in [-0.1, -0.05) is 56.2 Å². The summed E-state index contributed by atoms with van der Waals surface area (Å²) in [4.78, 5) is 17.2. The van der Waals surface area contributed by atoms with Crippen molar-refractivity contribution in [1.82, 2.24) is 0 Å². The van der Waals surface area contributed by atoms with Crippen LogP contribution in [-0.2, 0) is 16.0 Å². The average Bonchev–Trinajstić information content (AvgIpc) is 3.58. The van der Waals surface area contributed by atoms with E-state index in [1.165, 1.54) is 5.57 Å². The topological polar surface area (TPSA) is 140 Å². The first-order chi connectivity index (χ1) is 23.7. The summed E-state index contributed by atoms with van der Waals surface area (Å²) in [5.74, 6) is 1.91. The molecular formula is C41H57N3O5. The van der Waals surface area contributed by atoms with E-state index in [1.807, 2.05) is 24.3 Å². The second-order valence-electron chi connectivity index (χ2n) is 14.6. The van der Waals surface area contributed by atoms with Crippen LogP contribution in [0.25, 0.3) is 0 Å². The molecule has 49 heavy (non-hydrogen) atoms. The first-order valence-corrected chi connectivity index (χ1v) is 18.4. The lowest BCUT2D eigenvalue weighted by Crippen LogP contribution is -2.40. The molecule has 3 aliphatic carbocycles. The summed E-state index contributed by atoms with van der Waals surface area (Å²) in [7, 11) is 1.74. The van der Waals surface area contributed by atoms with Gasteiger partial charge in [-0.15, -0.1) is 0 Å². The zero-order valence-corrected chi connectivity index (χ0v) is 29.7. The van der Waals surface area contributed by atoms with Crippen molar-refractivity contribution in [2.24, 2.45) is 40.1 Å². The third-order valence-electron chi connectivity index (χ3n) is 10.9. The summed E-state index contributed by atoms with van der Waals surface area (Å²) in [6.45, 7) is 5.40. The van der Waals surface area contributed by atoms with Gasteiger partial charge in [0.25, 0.3) is 0 Å². The number of nitrogens with two attached hydrogens (primary N) is 2. The van der Waals surface area contributed by atoms with Crippen LogP contribution in [-0.4, -0.2) is 48.3 Å². The number of ether oxygens (including phenoxy) is 2. The number of carbonyl (C=O) groups excluding carboxylic acids is 1. The standard InChI is InChI=1S/C41H57N3O5/c1-4-5-6-11-30(45)16-15-27-21-36(40(47)38(22-27)49-32-13-7-8-14-32)39-35-20-26(2)19-33(28-10-9-12-31(46)23-28)34(35)24-29(37(39)25-48-3)17-18-44-41(42)43/h6,9-12,21-24,26,29,32-33,35,37,39,46-47H,4-5,7-8,13-20,25H2,1-3H3,(H4,42,43,44)/t26-,29-,33+,35+,37+,39+/m0/s1. The molecule has 0 bridgehead atoms. The van der Waals surface area contributed by atoms with Crippen LogP contribution in [0.4, 0.5) is 0 Å². The van der Waals surface area contributed by atoms with E-state index >= 15 is 0 Å². The van der Waals surface area contributed by atoms with Crippen LogP contribution in [0.1, 0.15) is 107 Å². The second-order valence-corrected chi connectivity index (χ2v) is 14.6. The van der Waals surface area contributed by atoms with Gasteiger partial charge in [-0.2, -0.15) is 0 Å². The van der Waals surface area contributed by atoms with Gasteiger partial charge in [-0.3, -0.25) is 9.79 Å². The lowest BCUT2D eigenvalue weighted by molar-refractivity contribution is -0.114. The van der Waals surface area contributed by atoms with Gasteiger partial charge in [0.2, 0.25) is 0 Å². The van der Waals surface area contributed by atoms with Crippen molar-refractivity contribution in [2.45, 2.75) is 102 Å². The lowest BCUT2D eigenvalue weighted by atomic mass is 9.56. The van der Waals surface area contributed by atoms with Gasteiger partial charge in [-0.05, 0) is 123 Å². The molecule has 3 aliphatic rings. The van der Waals surface area contributed by atoms with E-state index in [9.17, 15) is 15.0 Å². The van der Waals surface area contributed by atoms with Crippen molar-refractivity contribution in [3.05, 3.63) is 76.9 Å². The number of methoxy groups -OCH3 is 1. The molecule has 8 heteroatoms. The summed E-state index contributed by atoms with van der Waals surface area (Å²) in [6.07, 6.45) is 15.9. The predicted octanol–water partition coefficient (Wildman–Crippen LogP) is 7.67. The maximum absolute atomic E-state index is 12.8.